The fourth-order valence-electron chi connectivity index (χ4n) is 2.39. The van der Waals surface area contributed by atoms with E-state index in [1.165, 1.54) is 19.3 Å². The van der Waals surface area contributed by atoms with Crippen molar-refractivity contribution in [2.45, 2.75) is 39.5 Å². The molecule has 0 aliphatic rings. The molecule has 0 saturated heterocycles. The molecule has 0 radical (unpaired) electrons. The average Bonchev–Trinajstić information content (AvgIpc) is 2.58. The minimum Gasteiger partial charge on any atom is -0.492 e. The van der Waals surface area contributed by atoms with Crippen LogP contribution in [0.5, 0.6) is 5.75 Å². The highest BCUT2D eigenvalue weighted by Gasteiger charge is 2.11. The minimum atomic E-state index is -0.153. The zero-order valence-electron chi connectivity index (χ0n) is 14.6. The Morgan fingerprint density at radius 2 is 1.84 bits per heavy atom. The van der Waals surface area contributed by atoms with Crippen LogP contribution in [0.3, 0.4) is 0 Å². The molecule has 0 aromatic heterocycles. The molecule has 1 N–H and O–H groups in total. The van der Waals surface area contributed by atoms with Crippen LogP contribution < -0.4 is 10.1 Å². The molecule has 0 atom stereocenters. The number of nitrogens with one attached hydrogen (secondary N) is 1. The van der Waals surface area contributed by atoms with Crippen LogP contribution in [0, 0.1) is 6.92 Å². The average molecular weight is 469 g/mol. The molecule has 3 nitrogen and oxygen atoms in total. The molecule has 0 bridgehead atoms. The van der Waals surface area contributed by atoms with Gasteiger partial charge in [0.15, 0.2) is 0 Å². The third-order valence-electron chi connectivity index (χ3n) is 3.82. The Hall–Kier alpha value is -1.33. The van der Waals surface area contributed by atoms with Crippen molar-refractivity contribution in [1.29, 1.82) is 0 Å². The van der Waals surface area contributed by atoms with E-state index in [0.717, 1.165) is 32.4 Å². The minimum absolute atomic E-state index is 0.153. The van der Waals surface area contributed by atoms with Crippen LogP contribution in [0.15, 0.2) is 45.3 Å². The summed E-state index contributed by atoms with van der Waals surface area (Å²) in [5, 5.41) is 2.92. The van der Waals surface area contributed by atoms with Crippen LogP contribution >= 0.6 is 31.9 Å². The highest BCUT2D eigenvalue weighted by Crippen LogP contribution is 2.28. The normalized spacial score (nSPS) is 10.6. The lowest BCUT2D eigenvalue weighted by Crippen LogP contribution is -2.12. The zero-order valence-corrected chi connectivity index (χ0v) is 17.7. The van der Waals surface area contributed by atoms with Gasteiger partial charge in [-0.05, 0) is 81.1 Å². The monoisotopic (exact) mass is 467 g/mol. The Bertz CT molecular complexity index is 732. The van der Waals surface area contributed by atoms with Crippen molar-refractivity contribution in [3.63, 3.8) is 0 Å². The number of ether oxygens (including phenoxy) is 1. The second kappa shape index (κ2) is 9.97. The van der Waals surface area contributed by atoms with Crippen LogP contribution in [0.4, 0.5) is 5.69 Å². The third kappa shape index (κ3) is 6.15. The molecule has 2 rings (SSSR count). The van der Waals surface area contributed by atoms with Crippen molar-refractivity contribution >= 4 is 43.5 Å². The van der Waals surface area contributed by atoms with Gasteiger partial charge in [0.1, 0.15) is 5.75 Å². The van der Waals surface area contributed by atoms with Crippen LogP contribution in [0.1, 0.15) is 48.5 Å². The van der Waals surface area contributed by atoms with Crippen molar-refractivity contribution in [2.24, 2.45) is 0 Å². The lowest BCUT2D eigenvalue weighted by molar-refractivity contribution is 0.102. The number of benzene rings is 2. The van der Waals surface area contributed by atoms with Crippen molar-refractivity contribution in [1.82, 2.24) is 0 Å². The topological polar surface area (TPSA) is 38.3 Å². The number of halogens is 2. The fraction of sp³-hybridized carbons (Fsp3) is 0.350. The summed E-state index contributed by atoms with van der Waals surface area (Å²) in [7, 11) is 0. The second-order valence-corrected chi connectivity index (χ2v) is 7.70. The van der Waals surface area contributed by atoms with Crippen LogP contribution in [0.2, 0.25) is 0 Å². The molecular weight excluding hydrogens is 446 g/mol. The number of amides is 1. The van der Waals surface area contributed by atoms with Gasteiger partial charge < -0.3 is 10.1 Å². The summed E-state index contributed by atoms with van der Waals surface area (Å²) in [5.41, 5.74) is 2.47. The van der Waals surface area contributed by atoms with E-state index in [1.54, 1.807) is 12.1 Å². The Kier molecular flexibility index (Phi) is 7.97. The molecule has 0 aliphatic carbocycles. The van der Waals surface area contributed by atoms with E-state index >= 15 is 0 Å². The molecule has 134 valence electrons. The highest BCUT2D eigenvalue weighted by molar-refractivity contribution is 9.11. The summed E-state index contributed by atoms with van der Waals surface area (Å²) in [4.78, 5) is 12.5. The first-order valence-corrected chi connectivity index (χ1v) is 10.1. The molecule has 0 heterocycles. The molecule has 0 saturated carbocycles. The number of unbranched alkanes of at least 4 members (excludes halogenated alkanes) is 3. The second-order valence-electron chi connectivity index (χ2n) is 5.99. The molecule has 0 unspecified atom stereocenters. The van der Waals surface area contributed by atoms with Crippen LogP contribution in [-0.4, -0.2) is 12.5 Å². The lowest BCUT2D eigenvalue weighted by atomic mass is 10.2. The molecule has 2 aromatic rings. The number of aryl methyl sites for hydroxylation is 1. The quantitative estimate of drug-likeness (QED) is 0.436. The van der Waals surface area contributed by atoms with Gasteiger partial charge in [0.05, 0.1) is 16.8 Å². The number of anilines is 1. The van der Waals surface area contributed by atoms with Gasteiger partial charge in [-0.2, -0.15) is 0 Å². The maximum atomic E-state index is 12.5. The molecule has 0 fully saturated rings. The fourth-order valence-corrected chi connectivity index (χ4v) is 3.47. The van der Waals surface area contributed by atoms with E-state index in [2.05, 4.69) is 44.1 Å². The maximum absolute atomic E-state index is 12.5. The van der Waals surface area contributed by atoms with Gasteiger partial charge in [0.2, 0.25) is 0 Å². The molecule has 25 heavy (non-hydrogen) atoms. The summed E-state index contributed by atoms with van der Waals surface area (Å²) in [6.07, 6.45) is 4.67. The van der Waals surface area contributed by atoms with E-state index in [1.807, 2.05) is 31.2 Å². The van der Waals surface area contributed by atoms with Crippen LogP contribution in [-0.2, 0) is 0 Å². The smallest absolute Gasteiger partial charge is 0.255 e. The number of hydrogen-bond acceptors (Lipinski definition) is 2. The molecule has 0 aliphatic heterocycles. The summed E-state index contributed by atoms with van der Waals surface area (Å²) in [5.74, 6) is 0.615. The zero-order chi connectivity index (χ0) is 18.2. The Morgan fingerprint density at radius 3 is 2.52 bits per heavy atom. The van der Waals surface area contributed by atoms with Gasteiger partial charge >= 0.3 is 0 Å². The van der Waals surface area contributed by atoms with Gasteiger partial charge in [-0.1, -0.05) is 32.3 Å². The number of hydrogen-bond donors (Lipinski definition) is 1. The summed E-state index contributed by atoms with van der Waals surface area (Å²) >= 11 is 6.97. The van der Waals surface area contributed by atoms with Gasteiger partial charge in [0.25, 0.3) is 5.91 Å². The van der Waals surface area contributed by atoms with E-state index in [9.17, 15) is 4.79 Å². The largest absolute Gasteiger partial charge is 0.492 e. The van der Waals surface area contributed by atoms with Crippen molar-refractivity contribution in [3.05, 3.63) is 56.5 Å². The summed E-state index contributed by atoms with van der Waals surface area (Å²) in [6, 6.07) is 11.2. The van der Waals surface area contributed by atoms with Crippen LogP contribution in [0.25, 0.3) is 0 Å². The molecular formula is C20H23Br2NO2. The van der Waals surface area contributed by atoms with Crippen molar-refractivity contribution < 1.29 is 9.53 Å². The first kappa shape index (κ1) is 20.0. The molecule has 0 spiro atoms. The highest BCUT2D eigenvalue weighted by atomic mass is 79.9. The van der Waals surface area contributed by atoms with Crippen molar-refractivity contribution in [3.8, 4) is 5.75 Å². The first-order chi connectivity index (χ1) is 12.0. The molecule has 5 heteroatoms. The lowest BCUT2D eigenvalue weighted by Gasteiger charge is -2.11. The number of carbonyl (C=O) groups excluding carboxylic acids is 1. The van der Waals surface area contributed by atoms with Crippen molar-refractivity contribution in [2.75, 3.05) is 11.9 Å². The number of rotatable bonds is 8. The van der Waals surface area contributed by atoms with E-state index < -0.39 is 0 Å². The third-order valence-corrected chi connectivity index (χ3v) is 5.10. The Balaban J connectivity index is 1.97. The van der Waals surface area contributed by atoms with E-state index in [4.69, 9.17) is 4.74 Å². The van der Waals surface area contributed by atoms with Gasteiger partial charge in [-0.25, -0.2) is 0 Å². The maximum Gasteiger partial charge on any atom is 0.255 e. The summed E-state index contributed by atoms with van der Waals surface area (Å²) in [6.45, 7) is 4.89. The predicted octanol–water partition coefficient (Wildman–Crippen LogP) is 6.73. The summed E-state index contributed by atoms with van der Waals surface area (Å²) < 4.78 is 7.44. The Morgan fingerprint density at radius 1 is 1.04 bits per heavy atom. The van der Waals surface area contributed by atoms with Gasteiger partial charge in [-0.3, -0.25) is 4.79 Å². The van der Waals surface area contributed by atoms with E-state index in [-0.39, 0.29) is 5.91 Å². The molecule has 2 aromatic carbocycles. The predicted molar refractivity (Wildman–Crippen MR) is 111 cm³/mol. The Labute approximate surface area is 166 Å². The number of carbonyl (C=O) groups is 1. The van der Waals surface area contributed by atoms with Gasteiger partial charge in [-0.15, -0.1) is 0 Å². The van der Waals surface area contributed by atoms with E-state index in [0.29, 0.717) is 12.2 Å². The SMILES string of the molecule is CCCCCCOc1ccc(C(=O)Nc2ccc(C)cc2Br)cc1Br. The molecule has 1 amide bonds. The standard InChI is InChI=1S/C20H23Br2NO2/c1-3-4-5-6-11-25-19-10-8-15(13-17(19)22)20(24)23-18-9-7-14(2)12-16(18)21/h7-10,12-13H,3-6,11H2,1-2H3,(H,23,24). The first-order valence-electron chi connectivity index (χ1n) is 8.51. The van der Waals surface area contributed by atoms with Gasteiger partial charge in [0, 0.05) is 10.0 Å².